The highest BCUT2D eigenvalue weighted by Crippen LogP contribution is 2.43. The van der Waals surface area contributed by atoms with Gasteiger partial charge in [0, 0.05) is 24.2 Å². The zero-order valence-corrected chi connectivity index (χ0v) is 12.1. The van der Waals surface area contributed by atoms with Crippen molar-refractivity contribution in [1.82, 2.24) is 0 Å². The SMILES string of the molecule is CC1CCC(C(=O)C2CCOC3(CCSC3)C2)C1. The highest BCUT2D eigenvalue weighted by molar-refractivity contribution is 7.99. The Balaban J connectivity index is 1.63. The smallest absolute Gasteiger partial charge is 0.139 e. The third-order valence-corrected chi connectivity index (χ3v) is 6.28. The topological polar surface area (TPSA) is 26.3 Å². The van der Waals surface area contributed by atoms with Crippen LogP contribution in [0.2, 0.25) is 0 Å². The van der Waals surface area contributed by atoms with Crippen LogP contribution >= 0.6 is 11.8 Å². The molecule has 1 saturated carbocycles. The molecule has 2 heterocycles. The van der Waals surface area contributed by atoms with Crippen molar-refractivity contribution in [3.05, 3.63) is 0 Å². The molecule has 0 radical (unpaired) electrons. The van der Waals surface area contributed by atoms with Crippen LogP contribution in [0, 0.1) is 17.8 Å². The summed E-state index contributed by atoms with van der Waals surface area (Å²) in [5.74, 6) is 4.31. The van der Waals surface area contributed by atoms with Crippen LogP contribution in [0.4, 0.5) is 0 Å². The van der Waals surface area contributed by atoms with Gasteiger partial charge in [-0.1, -0.05) is 6.92 Å². The largest absolute Gasteiger partial charge is 0.374 e. The number of ether oxygens (including phenoxy) is 1. The van der Waals surface area contributed by atoms with Crippen molar-refractivity contribution in [3.8, 4) is 0 Å². The highest BCUT2D eigenvalue weighted by Gasteiger charge is 2.44. The number of carbonyl (C=O) groups excluding carboxylic acids is 1. The van der Waals surface area contributed by atoms with Crippen molar-refractivity contribution in [2.45, 2.75) is 51.0 Å². The van der Waals surface area contributed by atoms with Crippen molar-refractivity contribution in [2.75, 3.05) is 18.1 Å². The zero-order chi connectivity index (χ0) is 12.6. The minimum absolute atomic E-state index is 0.0630. The van der Waals surface area contributed by atoms with Gasteiger partial charge in [0.15, 0.2) is 0 Å². The zero-order valence-electron chi connectivity index (χ0n) is 11.3. The fourth-order valence-electron chi connectivity index (χ4n) is 3.93. The number of carbonyl (C=O) groups is 1. The number of hydrogen-bond donors (Lipinski definition) is 0. The standard InChI is InChI=1S/C15H24O2S/c1-11-2-3-12(8-11)14(16)13-4-6-17-15(9-13)5-7-18-10-15/h11-13H,2-10H2,1H3. The summed E-state index contributed by atoms with van der Waals surface area (Å²) in [6.07, 6.45) is 6.65. The summed E-state index contributed by atoms with van der Waals surface area (Å²) in [7, 11) is 0. The molecule has 2 saturated heterocycles. The van der Waals surface area contributed by atoms with Crippen LogP contribution in [0.5, 0.6) is 0 Å². The van der Waals surface area contributed by atoms with Gasteiger partial charge in [0.1, 0.15) is 5.78 Å². The van der Waals surface area contributed by atoms with Gasteiger partial charge in [0.05, 0.1) is 5.60 Å². The van der Waals surface area contributed by atoms with Gasteiger partial charge in [0.25, 0.3) is 0 Å². The van der Waals surface area contributed by atoms with E-state index >= 15 is 0 Å². The lowest BCUT2D eigenvalue weighted by molar-refractivity contribution is -0.137. The Kier molecular flexibility index (Phi) is 3.72. The Morgan fingerprint density at radius 3 is 2.83 bits per heavy atom. The first-order chi connectivity index (χ1) is 8.69. The molecule has 4 atom stereocenters. The average molecular weight is 268 g/mol. The summed E-state index contributed by atoms with van der Waals surface area (Å²) >= 11 is 1.99. The van der Waals surface area contributed by atoms with Gasteiger partial charge in [-0.25, -0.2) is 0 Å². The number of hydrogen-bond acceptors (Lipinski definition) is 3. The summed E-state index contributed by atoms with van der Waals surface area (Å²) in [6.45, 7) is 3.09. The maximum Gasteiger partial charge on any atom is 0.139 e. The van der Waals surface area contributed by atoms with Gasteiger partial charge < -0.3 is 4.74 Å². The molecule has 0 bridgehead atoms. The van der Waals surface area contributed by atoms with Crippen LogP contribution in [0.3, 0.4) is 0 Å². The maximum absolute atomic E-state index is 12.6. The summed E-state index contributed by atoms with van der Waals surface area (Å²) in [5.41, 5.74) is 0.0630. The molecule has 18 heavy (non-hydrogen) atoms. The van der Waals surface area contributed by atoms with Crippen molar-refractivity contribution in [3.63, 3.8) is 0 Å². The van der Waals surface area contributed by atoms with E-state index in [9.17, 15) is 4.79 Å². The van der Waals surface area contributed by atoms with Crippen molar-refractivity contribution < 1.29 is 9.53 Å². The molecule has 3 heteroatoms. The van der Waals surface area contributed by atoms with Crippen molar-refractivity contribution >= 4 is 17.5 Å². The molecule has 1 spiro atoms. The second-order valence-corrected chi connectivity index (χ2v) is 7.65. The lowest BCUT2D eigenvalue weighted by atomic mass is 9.79. The van der Waals surface area contributed by atoms with E-state index < -0.39 is 0 Å². The minimum Gasteiger partial charge on any atom is -0.374 e. The molecule has 0 aromatic rings. The monoisotopic (exact) mass is 268 g/mol. The van der Waals surface area contributed by atoms with Crippen LogP contribution < -0.4 is 0 Å². The van der Waals surface area contributed by atoms with E-state index in [2.05, 4.69) is 6.92 Å². The van der Waals surface area contributed by atoms with E-state index in [0.717, 1.165) is 50.4 Å². The number of rotatable bonds is 2. The maximum atomic E-state index is 12.6. The fraction of sp³-hybridized carbons (Fsp3) is 0.933. The number of thioether (sulfide) groups is 1. The van der Waals surface area contributed by atoms with Gasteiger partial charge in [0.2, 0.25) is 0 Å². The lowest BCUT2D eigenvalue weighted by Crippen LogP contribution is -2.43. The summed E-state index contributed by atoms with van der Waals surface area (Å²) in [4.78, 5) is 12.6. The third-order valence-electron chi connectivity index (χ3n) is 5.06. The Labute approximate surface area is 114 Å². The Bertz CT molecular complexity index is 322. The molecule has 3 rings (SSSR count). The molecule has 0 N–H and O–H groups in total. The van der Waals surface area contributed by atoms with Gasteiger partial charge in [-0.05, 0) is 50.2 Å². The fourth-order valence-corrected chi connectivity index (χ4v) is 5.31. The molecule has 2 nitrogen and oxygen atoms in total. The van der Waals surface area contributed by atoms with E-state index in [4.69, 9.17) is 4.74 Å². The second-order valence-electron chi connectivity index (χ2n) is 6.54. The molecular formula is C15H24O2S. The molecule has 0 amide bonds. The predicted octanol–water partition coefficient (Wildman–Crippen LogP) is 3.29. The Morgan fingerprint density at radius 1 is 1.28 bits per heavy atom. The highest BCUT2D eigenvalue weighted by atomic mass is 32.2. The number of ketones is 1. The van der Waals surface area contributed by atoms with E-state index in [1.165, 1.54) is 12.2 Å². The van der Waals surface area contributed by atoms with E-state index in [-0.39, 0.29) is 5.60 Å². The van der Waals surface area contributed by atoms with Gasteiger partial charge >= 0.3 is 0 Å². The van der Waals surface area contributed by atoms with E-state index in [1.54, 1.807) is 0 Å². The van der Waals surface area contributed by atoms with Gasteiger partial charge in [-0.2, -0.15) is 11.8 Å². The molecular weight excluding hydrogens is 244 g/mol. The molecule has 102 valence electrons. The normalized spacial score (nSPS) is 44.6. The van der Waals surface area contributed by atoms with E-state index in [0.29, 0.717) is 17.6 Å². The van der Waals surface area contributed by atoms with Crippen LogP contribution in [-0.4, -0.2) is 29.5 Å². The average Bonchev–Trinajstić information content (AvgIpc) is 2.98. The first-order valence-corrected chi connectivity index (χ1v) is 8.59. The molecule has 3 aliphatic rings. The van der Waals surface area contributed by atoms with Crippen LogP contribution in [-0.2, 0) is 9.53 Å². The quantitative estimate of drug-likeness (QED) is 0.768. The molecule has 0 aromatic carbocycles. The van der Waals surface area contributed by atoms with Crippen LogP contribution in [0.15, 0.2) is 0 Å². The third kappa shape index (κ3) is 2.49. The molecule has 4 unspecified atom stereocenters. The predicted molar refractivity (Wildman–Crippen MR) is 74.9 cm³/mol. The van der Waals surface area contributed by atoms with Crippen molar-refractivity contribution in [2.24, 2.45) is 17.8 Å². The first-order valence-electron chi connectivity index (χ1n) is 7.44. The second kappa shape index (κ2) is 5.16. The molecule has 1 aliphatic carbocycles. The summed E-state index contributed by atoms with van der Waals surface area (Å²) in [5, 5.41) is 0. The van der Waals surface area contributed by atoms with Crippen molar-refractivity contribution in [1.29, 1.82) is 0 Å². The van der Waals surface area contributed by atoms with Gasteiger partial charge in [-0.15, -0.1) is 0 Å². The first kappa shape index (κ1) is 13.0. The minimum atomic E-state index is 0.0630. The Morgan fingerprint density at radius 2 is 2.17 bits per heavy atom. The summed E-state index contributed by atoms with van der Waals surface area (Å²) in [6, 6.07) is 0. The molecule has 0 aromatic heterocycles. The number of Topliss-reactive ketones (excluding diaryl/α,β-unsaturated/α-hetero) is 1. The molecule has 3 fully saturated rings. The van der Waals surface area contributed by atoms with E-state index in [1.807, 2.05) is 11.8 Å². The van der Waals surface area contributed by atoms with Crippen LogP contribution in [0.1, 0.15) is 45.4 Å². The Hall–Kier alpha value is -0.0200. The molecule has 2 aliphatic heterocycles. The van der Waals surface area contributed by atoms with Crippen LogP contribution in [0.25, 0.3) is 0 Å². The lowest BCUT2D eigenvalue weighted by Gasteiger charge is -2.37. The van der Waals surface area contributed by atoms with Gasteiger partial charge in [-0.3, -0.25) is 4.79 Å². The summed E-state index contributed by atoms with van der Waals surface area (Å²) < 4.78 is 6.02.